The number of likely N-dealkylation sites (N-methyl/N-ethyl adjacent to an activating group) is 1. The molecule has 1 atom stereocenters. The second-order valence-electron chi connectivity index (χ2n) is 10.6. The molecule has 3 aromatic rings. The molecule has 1 aliphatic carbocycles. The molecule has 2 saturated heterocycles. The number of amides is 1. The molecule has 212 valence electrons. The summed E-state index contributed by atoms with van der Waals surface area (Å²) in [7, 11) is 2.12. The van der Waals surface area contributed by atoms with Crippen molar-refractivity contribution in [3.63, 3.8) is 0 Å². The number of hydrogen-bond acceptors (Lipinski definition) is 12. The number of thiophene rings is 1. The number of nitrogens with two attached hydrogens (primary N) is 1. The molecule has 0 radical (unpaired) electrons. The van der Waals surface area contributed by atoms with Gasteiger partial charge in [0.1, 0.15) is 22.6 Å². The van der Waals surface area contributed by atoms with E-state index in [2.05, 4.69) is 43.8 Å². The van der Waals surface area contributed by atoms with E-state index in [4.69, 9.17) is 25.8 Å². The van der Waals surface area contributed by atoms with E-state index in [1.807, 2.05) is 6.07 Å². The van der Waals surface area contributed by atoms with Crippen LogP contribution in [0.3, 0.4) is 0 Å². The van der Waals surface area contributed by atoms with Crippen LogP contribution >= 0.6 is 11.3 Å². The SMILES string of the molecule is CN1CCN(c2cc(N3CCN(C(=O)C=[N+]=N)CC3)cc(-c3noc([C@H]4CCCc5sc(N)c(C#N)c54)n3)n2)CC1. The molecule has 3 aliphatic rings. The predicted octanol–water partition coefficient (Wildman–Crippen LogP) is 1.83. The highest BCUT2D eigenvalue weighted by Gasteiger charge is 2.33. The molecular formula is C27H32N11O2S+. The Morgan fingerprint density at radius 3 is 2.66 bits per heavy atom. The van der Waals surface area contributed by atoms with Crippen molar-refractivity contribution >= 4 is 40.0 Å². The van der Waals surface area contributed by atoms with E-state index in [1.54, 1.807) is 4.90 Å². The van der Waals surface area contributed by atoms with Crippen LogP contribution in [-0.4, -0.2) is 101 Å². The third-order valence-electron chi connectivity index (χ3n) is 8.13. The normalized spacial score (nSPS) is 19.4. The van der Waals surface area contributed by atoms with Gasteiger partial charge in [-0.1, -0.05) is 5.16 Å². The minimum atomic E-state index is -0.245. The molecule has 5 heterocycles. The summed E-state index contributed by atoms with van der Waals surface area (Å²) in [5, 5.41) is 14.7. The van der Waals surface area contributed by atoms with E-state index in [1.165, 1.54) is 11.3 Å². The average molecular weight is 575 g/mol. The molecule has 6 rings (SSSR count). The molecule has 2 aliphatic heterocycles. The van der Waals surface area contributed by atoms with Crippen LogP contribution in [0, 0.1) is 16.9 Å². The Hall–Kier alpha value is -4.31. The lowest BCUT2D eigenvalue weighted by Gasteiger charge is -2.36. The topological polar surface area (TPSA) is 170 Å². The van der Waals surface area contributed by atoms with E-state index in [0.717, 1.165) is 73.6 Å². The summed E-state index contributed by atoms with van der Waals surface area (Å²) in [6.45, 7) is 5.97. The van der Waals surface area contributed by atoms with Crippen LogP contribution in [0.5, 0.6) is 0 Å². The smallest absolute Gasteiger partial charge is 0.389 e. The molecule has 0 bridgehead atoms. The summed E-state index contributed by atoms with van der Waals surface area (Å²) in [6, 6.07) is 6.35. The zero-order valence-corrected chi connectivity index (χ0v) is 23.7. The first-order valence-electron chi connectivity index (χ1n) is 13.8. The molecule has 3 aromatic heterocycles. The van der Waals surface area contributed by atoms with Crippen molar-refractivity contribution in [3.8, 4) is 17.6 Å². The maximum Gasteiger partial charge on any atom is 0.394 e. The van der Waals surface area contributed by atoms with E-state index < -0.39 is 0 Å². The number of anilines is 3. The molecule has 3 N–H and O–H groups in total. The Morgan fingerprint density at radius 1 is 1.17 bits per heavy atom. The highest BCUT2D eigenvalue weighted by Crippen LogP contribution is 2.44. The Kier molecular flexibility index (Phi) is 7.40. The molecule has 2 fully saturated rings. The van der Waals surface area contributed by atoms with Crippen molar-refractivity contribution in [1.82, 2.24) is 24.9 Å². The molecule has 0 unspecified atom stereocenters. The number of aryl methyl sites for hydroxylation is 1. The first kappa shape index (κ1) is 26.9. The molecular weight excluding hydrogens is 542 g/mol. The Balaban J connectivity index is 1.32. The zero-order valence-electron chi connectivity index (χ0n) is 22.9. The van der Waals surface area contributed by atoms with Gasteiger partial charge in [-0.15, -0.1) is 11.3 Å². The highest BCUT2D eigenvalue weighted by atomic mass is 32.1. The maximum absolute atomic E-state index is 12.2. The standard InChI is InChI=1S/C27H32N11O2S/c1-35-5-7-37(8-6-35)22-14-17(36-9-11-38(12-10-36)23(39)16-31-30)13-20(32-22)26-33-27(40-34-26)18-3-2-4-21-24(18)19(15-28)25(29)41-21/h13-14,16,18,30H,2-12,29H2,1H3/q+1/t18-/m0/s1. The molecule has 13 nitrogen and oxygen atoms in total. The average Bonchev–Trinajstić information content (AvgIpc) is 3.61. The number of carbonyl (C=O) groups is 1. The summed E-state index contributed by atoms with van der Waals surface area (Å²) in [4.78, 5) is 34.7. The summed E-state index contributed by atoms with van der Waals surface area (Å²) in [6.07, 6.45) is 3.71. The van der Waals surface area contributed by atoms with Gasteiger partial charge in [0.2, 0.25) is 11.7 Å². The predicted molar refractivity (Wildman–Crippen MR) is 153 cm³/mol. The van der Waals surface area contributed by atoms with Gasteiger partial charge in [-0.3, -0.25) is 4.79 Å². The molecule has 0 spiro atoms. The van der Waals surface area contributed by atoms with Gasteiger partial charge >= 0.3 is 12.1 Å². The summed E-state index contributed by atoms with van der Waals surface area (Å²) in [5.41, 5.74) is 16.2. The minimum Gasteiger partial charge on any atom is -0.389 e. The monoisotopic (exact) mass is 574 g/mol. The van der Waals surface area contributed by atoms with Crippen molar-refractivity contribution in [2.24, 2.45) is 0 Å². The van der Waals surface area contributed by atoms with Crippen molar-refractivity contribution in [3.05, 3.63) is 34.0 Å². The van der Waals surface area contributed by atoms with Crippen LogP contribution in [0.25, 0.3) is 11.5 Å². The van der Waals surface area contributed by atoms with Gasteiger partial charge in [-0.25, -0.2) is 4.98 Å². The number of aromatic nitrogens is 3. The number of pyridine rings is 1. The minimum absolute atomic E-state index is 0.165. The van der Waals surface area contributed by atoms with Crippen molar-refractivity contribution < 1.29 is 14.1 Å². The molecule has 1 amide bonds. The Labute approximate surface area is 241 Å². The molecule has 0 saturated carbocycles. The van der Waals surface area contributed by atoms with E-state index in [-0.39, 0.29) is 11.8 Å². The summed E-state index contributed by atoms with van der Waals surface area (Å²) < 4.78 is 5.82. The van der Waals surface area contributed by atoms with Crippen molar-refractivity contribution in [2.45, 2.75) is 25.2 Å². The largest absolute Gasteiger partial charge is 0.394 e. The second-order valence-corrected chi connectivity index (χ2v) is 11.8. The lowest BCUT2D eigenvalue weighted by atomic mass is 9.85. The third-order valence-corrected chi connectivity index (χ3v) is 9.22. The second kappa shape index (κ2) is 11.3. The van der Waals surface area contributed by atoms with Crippen molar-refractivity contribution in [1.29, 1.82) is 10.8 Å². The lowest BCUT2D eigenvalue weighted by Crippen LogP contribution is -2.49. The number of nitrogens with zero attached hydrogens (tertiary/aromatic N) is 9. The van der Waals surface area contributed by atoms with Gasteiger partial charge in [0.25, 0.3) is 0 Å². The quantitative estimate of drug-likeness (QED) is 0.260. The van der Waals surface area contributed by atoms with Gasteiger partial charge in [0.15, 0.2) is 0 Å². The van der Waals surface area contributed by atoms with Crippen LogP contribution in [0.15, 0.2) is 16.7 Å². The van der Waals surface area contributed by atoms with E-state index in [9.17, 15) is 10.1 Å². The number of carbonyl (C=O) groups excluding carboxylic acids is 1. The number of piperazine rings is 2. The molecule has 0 aromatic carbocycles. The van der Waals surface area contributed by atoms with E-state index >= 15 is 0 Å². The number of hydrogen-bond donors (Lipinski definition) is 2. The van der Waals surface area contributed by atoms with Crippen molar-refractivity contribution in [2.75, 3.05) is 74.9 Å². The molecule has 41 heavy (non-hydrogen) atoms. The number of nitrogens with one attached hydrogen (secondary N) is 1. The van der Waals surface area contributed by atoms with Gasteiger partial charge in [0, 0.05) is 69.0 Å². The third kappa shape index (κ3) is 5.27. The zero-order chi connectivity index (χ0) is 28.5. The Morgan fingerprint density at radius 2 is 1.93 bits per heavy atom. The maximum atomic E-state index is 12.2. The van der Waals surface area contributed by atoms with E-state index in [0.29, 0.717) is 54.2 Å². The van der Waals surface area contributed by atoms with Gasteiger partial charge < -0.3 is 29.9 Å². The fourth-order valence-corrected chi connectivity index (χ4v) is 6.96. The number of nitrogen functional groups attached to an aromatic ring is 1. The Bertz CT molecular complexity index is 1540. The van der Waals surface area contributed by atoms with Crippen LogP contribution in [0.1, 0.15) is 40.7 Å². The highest BCUT2D eigenvalue weighted by molar-refractivity contribution is 7.16. The number of fused-ring (bicyclic) bond motifs is 1. The fourth-order valence-electron chi connectivity index (χ4n) is 5.84. The summed E-state index contributed by atoms with van der Waals surface area (Å²) in [5.74, 6) is 1.33. The fraction of sp³-hybridized carbons (Fsp3) is 0.481. The number of rotatable bonds is 5. The first-order chi connectivity index (χ1) is 19.9. The van der Waals surface area contributed by atoms with Crippen LogP contribution in [0.2, 0.25) is 0 Å². The summed E-state index contributed by atoms with van der Waals surface area (Å²) >= 11 is 1.48. The van der Waals surface area contributed by atoms with Gasteiger partial charge in [-0.2, -0.15) is 10.2 Å². The lowest BCUT2D eigenvalue weighted by molar-refractivity contribution is -0.139. The molecule has 14 heteroatoms. The number of nitriles is 1. The van der Waals surface area contributed by atoms with Crippen LogP contribution in [-0.2, 0) is 11.2 Å². The van der Waals surface area contributed by atoms with Gasteiger partial charge in [-0.05, 0) is 37.9 Å². The van der Waals surface area contributed by atoms with Gasteiger partial charge in [0.05, 0.1) is 21.8 Å². The van der Waals surface area contributed by atoms with Crippen LogP contribution in [0.4, 0.5) is 16.5 Å². The first-order valence-corrected chi connectivity index (χ1v) is 14.6. The van der Waals surface area contributed by atoms with Crippen LogP contribution < -0.4 is 15.5 Å².